The van der Waals surface area contributed by atoms with Crippen LogP contribution in [0.15, 0.2) is 115 Å². The van der Waals surface area contributed by atoms with Gasteiger partial charge in [-0.15, -0.1) is 17.8 Å². The predicted octanol–water partition coefficient (Wildman–Crippen LogP) is 8.72. The maximum Gasteiger partial charge on any atom is 0.0424 e. The number of hydrogen-bond donors (Lipinski definition) is 0. The minimum absolute atomic E-state index is 0. The number of para-hydroxylation sites is 1. The summed E-state index contributed by atoms with van der Waals surface area (Å²) in [5.74, 6) is 0. The molecule has 0 bridgehead atoms. The summed E-state index contributed by atoms with van der Waals surface area (Å²) >= 11 is 0. The topological polar surface area (TPSA) is 6.48 Å². The molecule has 5 aromatic rings. The number of fused-ring (bicyclic) bond motifs is 6. The molecule has 2 heterocycles. The van der Waals surface area contributed by atoms with Crippen LogP contribution >= 0.6 is 0 Å². The second kappa shape index (κ2) is 9.76. The Bertz CT molecular complexity index is 1650. The molecule has 1 radical (unpaired) electrons. The van der Waals surface area contributed by atoms with Crippen LogP contribution in [0.5, 0.6) is 0 Å². The summed E-state index contributed by atoms with van der Waals surface area (Å²) in [6.07, 6.45) is 0. The first-order chi connectivity index (χ1) is 18.2. The average molecular weight is 667 g/mol. The summed E-state index contributed by atoms with van der Waals surface area (Å²) in [5, 5.41) is 0. The van der Waals surface area contributed by atoms with Crippen LogP contribution in [-0.4, -0.2) is 0 Å². The smallest absolute Gasteiger partial charge is 0.0424 e. The molecule has 5 aromatic carbocycles. The number of rotatable bonds is 3. The molecule has 7 rings (SSSR count). The fraction of sp³-hybridized carbons (Fsp3) is 0.0571. The van der Waals surface area contributed by atoms with Crippen LogP contribution in [0.4, 0.5) is 11.4 Å². The van der Waals surface area contributed by atoms with Gasteiger partial charge in [-0.2, -0.15) is 18.2 Å². The van der Waals surface area contributed by atoms with Gasteiger partial charge < -0.3 is 9.80 Å². The van der Waals surface area contributed by atoms with Crippen molar-refractivity contribution in [2.75, 3.05) is 9.80 Å². The van der Waals surface area contributed by atoms with Gasteiger partial charge in [0.1, 0.15) is 0 Å². The molecule has 3 heteroatoms. The molecule has 0 saturated heterocycles. The second-order valence-electron chi connectivity index (χ2n) is 9.72. The summed E-state index contributed by atoms with van der Waals surface area (Å²) in [4.78, 5) is 4.63. The zero-order valence-corrected chi connectivity index (χ0v) is 23.7. The van der Waals surface area contributed by atoms with Crippen molar-refractivity contribution < 1.29 is 20.1 Å². The summed E-state index contributed by atoms with van der Waals surface area (Å²) in [5.41, 5.74) is 14.5. The molecule has 2 aliphatic rings. The van der Waals surface area contributed by atoms with Crippen LogP contribution in [0, 0.1) is 26.6 Å². The monoisotopic (exact) mass is 667 g/mol. The van der Waals surface area contributed by atoms with Crippen LogP contribution in [0.3, 0.4) is 0 Å². The van der Waals surface area contributed by atoms with Crippen molar-refractivity contribution in [3.8, 4) is 22.3 Å². The van der Waals surface area contributed by atoms with Crippen LogP contribution in [0.1, 0.15) is 22.3 Å². The van der Waals surface area contributed by atoms with Crippen molar-refractivity contribution in [1.29, 1.82) is 0 Å². The van der Waals surface area contributed by atoms with E-state index in [1.807, 2.05) is 0 Å². The van der Waals surface area contributed by atoms with Crippen molar-refractivity contribution in [1.82, 2.24) is 0 Å². The summed E-state index contributed by atoms with van der Waals surface area (Å²) in [6, 6.07) is 44.8. The third-order valence-corrected chi connectivity index (χ3v) is 7.42. The zero-order valence-electron chi connectivity index (χ0n) is 21.3. The Labute approximate surface area is 238 Å². The van der Waals surface area contributed by atoms with E-state index in [-0.39, 0.29) is 20.1 Å². The molecule has 2 nitrogen and oxygen atoms in total. The zero-order chi connectivity index (χ0) is 24.9. The van der Waals surface area contributed by atoms with Crippen molar-refractivity contribution in [3.05, 3.63) is 150 Å². The van der Waals surface area contributed by atoms with E-state index in [1.165, 1.54) is 55.9 Å². The van der Waals surface area contributed by atoms with Gasteiger partial charge in [0, 0.05) is 37.2 Å². The quantitative estimate of drug-likeness (QED) is 0.178. The van der Waals surface area contributed by atoms with Gasteiger partial charge in [-0.05, 0) is 37.1 Å². The SMILES string of the molecule is Cc1cccc(C)c1-c1c[c-]c2c(c1)-c1ccccc1C1=C(c3ccccc3)N(c3ccccc3)[CH-]N12.[Ir]. The van der Waals surface area contributed by atoms with Gasteiger partial charge in [-0.3, -0.25) is 0 Å². The fourth-order valence-corrected chi connectivity index (χ4v) is 5.77. The van der Waals surface area contributed by atoms with E-state index >= 15 is 0 Å². The minimum atomic E-state index is 0. The number of anilines is 2. The van der Waals surface area contributed by atoms with Crippen LogP contribution < -0.4 is 9.80 Å². The van der Waals surface area contributed by atoms with Gasteiger partial charge in [0.05, 0.1) is 0 Å². The normalized spacial score (nSPS) is 13.5. The summed E-state index contributed by atoms with van der Waals surface area (Å²) in [6.45, 7) is 6.60. The van der Waals surface area contributed by atoms with Gasteiger partial charge in [-0.25, -0.2) is 0 Å². The van der Waals surface area contributed by atoms with E-state index in [1.54, 1.807) is 0 Å². The molecule has 0 atom stereocenters. The molecular formula is C35H26IrN2-2. The molecule has 0 N–H and O–H groups in total. The van der Waals surface area contributed by atoms with E-state index in [0.717, 1.165) is 11.4 Å². The van der Waals surface area contributed by atoms with E-state index in [4.69, 9.17) is 0 Å². The first kappa shape index (κ1) is 24.4. The summed E-state index contributed by atoms with van der Waals surface area (Å²) in [7, 11) is 0. The average Bonchev–Trinajstić information content (AvgIpc) is 3.35. The maximum atomic E-state index is 3.70. The largest absolute Gasteiger partial charge is 0.492 e. The number of nitrogens with zero attached hydrogens (tertiary/aromatic N) is 2. The Morgan fingerprint density at radius 3 is 1.92 bits per heavy atom. The van der Waals surface area contributed by atoms with E-state index < -0.39 is 0 Å². The Hall–Kier alpha value is -3.91. The predicted molar refractivity (Wildman–Crippen MR) is 155 cm³/mol. The number of aryl methyl sites for hydroxylation is 2. The molecule has 0 aliphatic carbocycles. The Morgan fingerprint density at radius 2 is 1.21 bits per heavy atom. The molecule has 0 saturated carbocycles. The molecule has 0 amide bonds. The number of hydrogen-bond acceptors (Lipinski definition) is 2. The van der Waals surface area contributed by atoms with Gasteiger partial charge in [-0.1, -0.05) is 119 Å². The summed E-state index contributed by atoms with van der Waals surface area (Å²) < 4.78 is 0. The third-order valence-electron chi connectivity index (χ3n) is 7.42. The molecule has 0 fully saturated rings. The maximum absolute atomic E-state index is 3.70. The van der Waals surface area contributed by atoms with Gasteiger partial charge >= 0.3 is 0 Å². The van der Waals surface area contributed by atoms with Crippen molar-refractivity contribution >= 4 is 22.8 Å². The minimum Gasteiger partial charge on any atom is -0.492 e. The molecular weight excluding hydrogens is 641 g/mol. The van der Waals surface area contributed by atoms with Crippen LogP contribution in [0.2, 0.25) is 0 Å². The first-order valence-corrected chi connectivity index (χ1v) is 12.7. The number of benzene rings is 5. The van der Waals surface area contributed by atoms with Crippen LogP contribution in [0.25, 0.3) is 33.6 Å². The Morgan fingerprint density at radius 1 is 0.579 bits per heavy atom. The molecule has 0 aromatic heterocycles. The van der Waals surface area contributed by atoms with Crippen molar-refractivity contribution in [3.63, 3.8) is 0 Å². The molecule has 187 valence electrons. The van der Waals surface area contributed by atoms with Gasteiger partial charge in [0.2, 0.25) is 0 Å². The Kier molecular flexibility index (Phi) is 6.27. The van der Waals surface area contributed by atoms with Crippen molar-refractivity contribution in [2.24, 2.45) is 0 Å². The van der Waals surface area contributed by atoms with E-state index in [2.05, 4.69) is 152 Å². The molecule has 0 unspecified atom stereocenters. The molecule has 2 aliphatic heterocycles. The standard InChI is InChI=1S/C35H26N2.Ir/c1-24-12-11-13-25(2)33(24)27-20-21-32-31(22-27)29-18-9-10-19-30(29)35-34(26-14-5-3-6-15-26)36(23-37(32)35)28-16-7-4-8-17-28;/h3-20,22-23H,1-2H3;/q-2;. The second-order valence-corrected chi connectivity index (χ2v) is 9.72. The Balaban J connectivity index is 0.00000264. The van der Waals surface area contributed by atoms with E-state index in [9.17, 15) is 0 Å². The van der Waals surface area contributed by atoms with E-state index in [0.29, 0.717) is 0 Å². The van der Waals surface area contributed by atoms with Crippen LogP contribution in [-0.2, 0) is 20.1 Å². The molecule has 0 spiro atoms. The third kappa shape index (κ3) is 3.82. The fourth-order valence-electron chi connectivity index (χ4n) is 5.77. The molecule has 38 heavy (non-hydrogen) atoms. The van der Waals surface area contributed by atoms with Gasteiger partial charge in [0.25, 0.3) is 0 Å². The van der Waals surface area contributed by atoms with Crippen molar-refractivity contribution in [2.45, 2.75) is 13.8 Å². The van der Waals surface area contributed by atoms with Gasteiger partial charge in [0.15, 0.2) is 0 Å². The first-order valence-electron chi connectivity index (χ1n) is 12.7.